The average molecular weight is 464 g/mol. The number of imidazole rings is 1. The van der Waals surface area contributed by atoms with Gasteiger partial charge in [-0.1, -0.05) is 24.6 Å². The predicted octanol–water partition coefficient (Wildman–Crippen LogP) is 4.78. The number of amides is 2. The van der Waals surface area contributed by atoms with E-state index in [-0.39, 0.29) is 17.6 Å². The summed E-state index contributed by atoms with van der Waals surface area (Å²) < 4.78 is 1.87. The number of anilines is 3. The molecule has 2 amide bonds. The Balaban J connectivity index is 1.28. The number of aromatic nitrogens is 2. The highest BCUT2D eigenvalue weighted by Gasteiger charge is 2.11. The minimum Gasteiger partial charge on any atom is -0.372 e. The average Bonchev–Trinajstić information content (AvgIpc) is 3.06. The van der Waals surface area contributed by atoms with Crippen molar-refractivity contribution in [3.8, 4) is 0 Å². The number of benzene rings is 2. The zero-order valence-electron chi connectivity index (χ0n) is 18.8. The Morgan fingerprint density at radius 2 is 1.55 bits per heavy atom. The maximum Gasteiger partial charge on any atom is 0.255 e. The molecule has 0 spiro atoms. The van der Waals surface area contributed by atoms with Crippen LogP contribution >= 0.6 is 11.8 Å². The van der Waals surface area contributed by atoms with Crippen molar-refractivity contribution in [3.63, 3.8) is 0 Å². The molecule has 2 heterocycles. The molecule has 2 aromatic carbocycles. The van der Waals surface area contributed by atoms with Gasteiger partial charge in [-0.3, -0.25) is 9.59 Å². The number of hydrogen-bond acceptors (Lipinski definition) is 5. The topological polar surface area (TPSA) is 79.3 Å². The summed E-state index contributed by atoms with van der Waals surface area (Å²) in [4.78, 5) is 31.4. The standard InChI is InChI=1S/C25H29N5O2S/c1-29-17-14-26-25(29)33-18-23(31)27-20-8-6-19(7-9-20)24(32)28-21-10-12-22(13-11-21)30-15-4-2-3-5-16-30/h6-14,17H,2-5,15-16,18H2,1H3,(H,27,31)(H,28,32). The molecule has 172 valence electrons. The Morgan fingerprint density at radius 3 is 2.18 bits per heavy atom. The van der Waals surface area contributed by atoms with Crippen LogP contribution in [0.5, 0.6) is 0 Å². The van der Waals surface area contributed by atoms with Crippen LogP contribution in [0.3, 0.4) is 0 Å². The summed E-state index contributed by atoms with van der Waals surface area (Å²) in [6.45, 7) is 2.19. The first kappa shape index (κ1) is 22.9. The van der Waals surface area contributed by atoms with Crippen LogP contribution in [-0.4, -0.2) is 40.2 Å². The van der Waals surface area contributed by atoms with Gasteiger partial charge >= 0.3 is 0 Å². The van der Waals surface area contributed by atoms with E-state index in [4.69, 9.17) is 0 Å². The van der Waals surface area contributed by atoms with Gasteiger partial charge < -0.3 is 20.1 Å². The molecule has 8 heteroatoms. The first-order chi connectivity index (χ1) is 16.1. The molecule has 1 saturated heterocycles. The molecule has 0 radical (unpaired) electrons. The third-order valence-corrected chi connectivity index (χ3v) is 6.69. The Morgan fingerprint density at radius 1 is 0.909 bits per heavy atom. The fraction of sp³-hybridized carbons (Fsp3) is 0.320. The smallest absolute Gasteiger partial charge is 0.255 e. The van der Waals surface area contributed by atoms with Crippen LogP contribution in [0.1, 0.15) is 36.0 Å². The van der Waals surface area contributed by atoms with Crippen molar-refractivity contribution in [1.29, 1.82) is 0 Å². The van der Waals surface area contributed by atoms with Crippen LogP contribution in [0, 0.1) is 0 Å². The summed E-state index contributed by atoms with van der Waals surface area (Å²) >= 11 is 1.37. The van der Waals surface area contributed by atoms with Crippen molar-refractivity contribution in [2.75, 3.05) is 34.4 Å². The number of aryl methyl sites for hydroxylation is 1. The quantitative estimate of drug-likeness (QED) is 0.493. The van der Waals surface area contributed by atoms with E-state index in [1.807, 2.05) is 29.9 Å². The van der Waals surface area contributed by atoms with Crippen LogP contribution in [0.25, 0.3) is 0 Å². The molecule has 0 aliphatic carbocycles. The van der Waals surface area contributed by atoms with Gasteiger partial charge in [-0.25, -0.2) is 4.98 Å². The summed E-state index contributed by atoms with van der Waals surface area (Å²) in [5, 5.41) is 6.58. The van der Waals surface area contributed by atoms with Crippen LogP contribution in [0.15, 0.2) is 66.1 Å². The Hall–Kier alpha value is -3.26. The maximum atomic E-state index is 12.6. The number of carbonyl (C=O) groups excluding carboxylic acids is 2. The van der Waals surface area contributed by atoms with Crippen molar-refractivity contribution < 1.29 is 9.59 Å². The lowest BCUT2D eigenvalue weighted by Gasteiger charge is -2.22. The fourth-order valence-electron chi connectivity index (χ4n) is 3.81. The molecule has 0 atom stereocenters. The molecule has 1 aromatic heterocycles. The Bertz CT molecular complexity index is 1070. The van der Waals surface area contributed by atoms with E-state index in [2.05, 4.69) is 32.7 Å². The molecule has 0 saturated carbocycles. The van der Waals surface area contributed by atoms with Gasteiger partial charge in [0.1, 0.15) is 0 Å². The van der Waals surface area contributed by atoms with Gasteiger partial charge in [0.05, 0.1) is 5.75 Å². The first-order valence-corrected chi connectivity index (χ1v) is 12.2. The lowest BCUT2D eigenvalue weighted by Crippen LogP contribution is -2.23. The minimum atomic E-state index is -0.180. The predicted molar refractivity (Wildman–Crippen MR) is 134 cm³/mol. The molecule has 1 aliphatic heterocycles. The SMILES string of the molecule is Cn1ccnc1SCC(=O)Nc1ccc(C(=O)Nc2ccc(N3CCCCCC3)cc2)cc1. The summed E-state index contributed by atoms with van der Waals surface area (Å²) in [6.07, 6.45) is 8.62. The van der Waals surface area contributed by atoms with E-state index in [0.717, 1.165) is 23.9 Å². The second-order valence-electron chi connectivity index (χ2n) is 8.14. The molecule has 1 aliphatic rings. The number of carbonyl (C=O) groups is 2. The van der Waals surface area contributed by atoms with Crippen molar-refractivity contribution in [3.05, 3.63) is 66.5 Å². The minimum absolute atomic E-state index is 0.121. The van der Waals surface area contributed by atoms with Gasteiger partial charge in [0.2, 0.25) is 5.91 Å². The normalized spacial score (nSPS) is 13.9. The van der Waals surface area contributed by atoms with Gasteiger partial charge in [0.15, 0.2) is 5.16 Å². The Labute approximate surface area is 198 Å². The van der Waals surface area contributed by atoms with Crippen molar-refractivity contribution >= 4 is 40.6 Å². The van der Waals surface area contributed by atoms with Gasteiger partial charge in [0, 0.05) is 55.2 Å². The van der Waals surface area contributed by atoms with Crippen LogP contribution < -0.4 is 15.5 Å². The van der Waals surface area contributed by atoms with Gasteiger partial charge in [-0.05, 0) is 61.4 Å². The van der Waals surface area contributed by atoms with E-state index in [1.54, 1.807) is 30.5 Å². The number of nitrogens with one attached hydrogen (secondary N) is 2. The van der Waals surface area contributed by atoms with E-state index in [1.165, 1.54) is 43.1 Å². The summed E-state index contributed by atoms with van der Waals surface area (Å²) in [6, 6.07) is 14.9. The zero-order valence-corrected chi connectivity index (χ0v) is 19.6. The number of rotatable bonds is 7. The van der Waals surface area contributed by atoms with Crippen molar-refractivity contribution in [1.82, 2.24) is 9.55 Å². The summed E-state index contributed by atoms with van der Waals surface area (Å²) in [5.74, 6) is -0.0361. The molecular weight excluding hydrogens is 434 g/mol. The highest BCUT2D eigenvalue weighted by Crippen LogP contribution is 2.22. The van der Waals surface area contributed by atoms with Gasteiger partial charge in [-0.15, -0.1) is 0 Å². The lowest BCUT2D eigenvalue weighted by atomic mass is 10.2. The molecule has 1 fully saturated rings. The second kappa shape index (κ2) is 11.0. The van der Waals surface area contributed by atoms with Crippen LogP contribution in [0.4, 0.5) is 17.1 Å². The van der Waals surface area contributed by atoms with E-state index in [9.17, 15) is 9.59 Å². The summed E-state index contributed by atoms with van der Waals surface area (Å²) in [7, 11) is 1.89. The molecule has 7 nitrogen and oxygen atoms in total. The fourth-order valence-corrected chi connectivity index (χ4v) is 4.54. The second-order valence-corrected chi connectivity index (χ2v) is 9.08. The van der Waals surface area contributed by atoms with Gasteiger partial charge in [0.25, 0.3) is 5.91 Å². The molecule has 4 rings (SSSR count). The van der Waals surface area contributed by atoms with E-state index in [0.29, 0.717) is 11.3 Å². The third kappa shape index (κ3) is 6.38. The number of thioether (sulfide) groups is 1. The highest BCUT2D eigenvalue weighted by molar-refractivity contribution is 7.99. The molecule has 0 bridgehead atoms. The largest absolute Gasteiger partial charge is 0.372 e. The van der Waals surface area contributed by atoms with Crippen molar-refractivity contribution in [2.45, 2.75) is 30.8 Å². The maximum absolute atomic E-state index is 12.6. The number of hydrogen-bond donors (Lipinski definition) is 2. The van der Waals surface area contributed by atoms with E-state index >= 15 is 0 Å². The molecule has 2 N–H and O–H groups in total. The molecule has 3 aromatic rings. The first-order valence-electron chi connectivity index (χ1n) is 11.2. The van der Waals surface area contributed by atoms with Crippen LogP contribution in [0.2, 0.25) is 0 Å². The summed E-state index contributed by atoms with van der Waals surface area (Å²) in [5.41, 5.74) is 3.16. The molecule has 0 unspecified atom stereocenters. The zero-order chi connectivity index (χ0) is 23.0. The third-order valence-electron chi connectivity index (χ3n) is 5.64. The number of nitrogens with zero attached hydrogens (tertiary/aromatic N) is 3. The van der Waals surface area contributed by atoms with Crippen LogP contribution in [-0.2, 0) is 11.8 Å². The van der Waals surface area contributed by atoms with E-state index < -0.39 is 0 Å². The lowest BCUT2D eigenvalue weighted by molar-refractivity contribution is -0.113. The highest BCUT2D eigenvalue weighted by atomic mass is 32.2. The van der Waals surface area contributed by atoms with Crippen molar-refractivity contribution in [2.24, 2.45) is 7.05 Å². The molecular formula is C25H29N5O2S. The molecule has 33 heavy (non-hydrogen) atoms. The Kier molecular flexibility index (Phi) is 7.67. The van der Waals surface area contributed by atoms with Gasteiger partial charge in [-0.2, -0.15) is 0 Å². The monoisotopic (exact) mass is 463 g/mol.